The maximum absolute atomic E-state index is 11.8. The van der Waals surface area contributed by atoms with Crippen LogP contribution in [0, 0.1) is 0 Å². The number of aliphatic hydroxyl groups excluding tert-OH is 1. The van der Waals surface area contributed by atoms with E-state index in [4.69, 9.17) is 18.3 Å². The number of unbranched alkanes of at least 4 members (excludes halogenated alkanes) is 9. The van der Waals surface area contributed by atoms with Crippen molar-refractivity contribution in [3.05, 3.63) is 0 Å². The van der Waals surface area contributed by atoms with E-state index in [2.05, 4.69) is 16.0 Å². The van der Waals surface area contributed by atoms with Gasteiger partial charge in [-0.3, -0.25) is 18.6 Å². The molecule has 5 N–H and O–H groups in total. The molecule has 0 radical (unpaired) electrons. The number of hydrogen-bond donors (Lipinski definition) is 4. The van der Waals surface area contributed by atoms with Crippen molar-refractivity contribution in [1.29, 1.82) is 0 Å². The number of carbonyl (C=O) groups is 2. The highest BCUT2D eigenvalue weighted by atomic mass is 31.2. The number of nitrogens with two attached hydrogens (primary N) is 1. The molecule has 0 heterocycles. The predicted molar refractivity (Wildman–Crippen MR) is 134 cm³/mol. The largest absolute Gasteiger partial charge is 0.480 e. The predicted octanol–water partition coefficient (Wildman–Crippen LogP) is 4.70. The second kappa shape index (κ2) is 22.2. The lowest BCUT2D eigenvalue weighted by Crippen LogP contribution is -2.34. The number of aliphatic hydroxyl groups is 1. The van der Waals surface area contributed by atoms with E-state index in [1.165, 1.54) is 25.7 Å². The summed E-state index contributed by atoms with van der Waals surface area (Å²) in [6, 6.07) is -1.50. The van der Waals surface area contributed by atoms with Crippen molar-refractivity contribution in [2.45, 2.75) is 122 Å². The molecule has 0 spiro atoms. The van der Waals surface area contributed by atoms with Gasteiger partial charge in [-0.25, -0.2) is 4.57 Å². The third-order valence-corrected chi connectivity index (χ3v) is 6.19. The Morgan fingerprint density at radius 2 is 1.34 bits per heavy atom. The van der Waals surface area contributed by atoms with E-state index in [1.54, 1.807) is 0 Å². The number of ether oxygens (including phenoxy) is 1. The summed E-state index contributed by atoms with van der Waals surface area (Å²) in [6.45, 7) is 0.365. The summed E-state index contributed by atoms with van der Waals surface area (Å²) in [5, 5.41) is 18.3. The number of hydrogen-bond acceptors (Lipinski definition) is 8. The van der Waals surface area contributed by atoms with E-state index < -0.39 is 51.7 Å². The minimum Gasteiger partial charge on any atom is -0.480 e. The zero-order chi connectivity index (χ0) is 28.1. The van der Waals surface area contributed by atoms with Gasteiger partial charge in [0.1, 0.15) is 18.8 Å². The first-order valence-electron chi connectivity index (χ1n) is 13.9. The van der Waals surface area contributed by atoms with Gasteiger partial charge in [0.2, 0.25) is 0 Å². The van der Waals surface area contributed by atoms with Gasteiger partial charge in [0.25, 0.3) is 0 Å². The van der Waals surface area contributed by atoms with E-state index in [-0.39, 0.29) is 19.2 Å². The molecule has 5 atom stereocenters. The summed E-state index contributed by atoms with van der Waals surface area (Å²) >= 11 is 0. The van der Waals surface area contributed by atoms with Crippen LogP contribution >= 0.6 is 7.82 Å². The monoisotopic (exact) mass is 529 g/mol. The summed E-state index contributed by atoms with van der Waals surface area (Å²) in [6.07, 6.45) is 11.1. The molecule has 35 heavy (non-hydrogen) atoms. The molecule has 0 aromatic carbocycles. The summed E-state index contributed by atoms with van der Waals surface area (Å²) < 4.78 is 41.8. The maximum Gasteiger partial charge on any atom is 0.472 e. The number of carbonyl (C=O) groups excluding carboxylic acids is 1. The first-order chi connectivity index (χ1) is 17.5. The van der Waals surface area contributed by atoms with Crippen LogP contribution in [0.2, 0.25) is 0 Å². The molecule has 0 saturated heterocycles. The Labute approximate surface area is 213 Å². The highest BCUT2D eigenvalue weighted by molar-refractivity contribution is 7.47. The van der Waals surface area contributed by atoms with Crippen LogP contribution in [0.3, 0.4) is 0 Å². The van der Waals surface area contributed by atoms with Gasteiger partial charge in [-0.2, -0.15) is 0 Å². The summed E-state index contributed by atoms with van der Waals surface area (Å²) in [5.74, 6) is -1.92. The van der Waals surface area contributed by atoms with Gasteiger partial charge in [0.05, 0.1) is 13.2 Å². The first-order valence-corrected chi connectivity index (χ1v) is 14.3. The Morgan fingerprint density at radius 3 is 1.89 bits per heavy atom. The van der Waals surface area contributed by atoms with Crippen molar-refractivity contribution < 1.29 is 45.8 Å². The number of rotatable bonds is 25. The van der Waals surface area contributed by atoms with Crippen LogP contribution in [0.15, 0.2) is 0 Å². The van der Waals surface area contributed by atoms with E-state index in [9.17, 15) is 24.2 Å². The van der Waals surface area contributed by atoms with Gasteiger partial charge >= 0.3 is 19.8 Å². The first kappa shape index (κ1) is 30.2. The van der Waals surface area contributed by atoms with Crippen molar-refractivity contribution in [2.75, 3.05) is 19.8 Å². The average Bonchev–Trinajstić information content (AvgIpc) is 2.85. The van der Waals surface area contributed by atoms with Crippen LogP contribution in [-0.2, 0) is 27.9 Å². The van der Waals surface area contributed by atoms with Crippen molar-refractivity contribution in [2.24, 2.45) is 5.73 Å². The number of carboxylic acid groups (broad SMARTS) is 1. The average molecular weight is 530 g/mol. The van der Waals surface area contributed by atoms with Crippen molar-refractivity contribution in [3.8, 4) is 0 Å². The molecule has 0 aromatic heterocycles. The molecule has 3 unspecified atom stereocenters. The molecule has 0 saturated carbocycles. The van der Waals surface area contributed by atoms with Crippen LogP contribution in [-0.4, -0.2) is 59.0 Å². The molecule has 0 aliphatic heterocycles. The van der Waals surface area contributed by atoms with Gasteiger partial charge in [0.15, 0.2) is 0 Å². The third-order valence-electron chi connectivity index (χ3n) is 5.24. The van der Waals surface area contributed by atoms with Crippen LogP contribution in [0.1, 0.15) is 112 Å². The molecule has 10 nitrogen and oxygen atoms in total. The molecule has 0 bridgehead atoms. The Morgan fingerprint density at radius 1 is 0.857 bits per heavy atom. The van der Waals surface area contributed by atoms with E-state index in [1.807, 2.05) is 0 Å². The summed E-state index contributed by atoms with van der Waals surface area (Å²) in [5.41, 5.74) is 5.15. The molecule has 0 amide bonds. The molecular formula is C24H48NO9P. The van der Waals surface area contributed by atoms with Crippen LogP contribution in [0.5, 0.6) is 0 Å². The summed E-state index contributed by atoms with van der Waals surface area (Å²) in [4.78, 5) is 31.8. The molecule has 0 aliphatic rings. The Hall–Kier alpha value is -1.03. The Balaban J connectivity index is 3.74. The molecule has 0 aromatic rings. The molecule has 11 heteroatoms. The van der Waals surface area contributed by atoms with Gasteiger partial charge in [0, 0.05) is 9.16 Å². The van der Waals surface area contributed by atoms with Gasteiger partial charge in [-0.15, -0.1) is 0 Å². The molecule has 208 valence electrons. The smallest absolute Gasteiger partial charge is 0.472 e. The lowest BCUT2D eigenvalue weighted by atomic mass is 10.0. The second-order valence-corrected chi connectivity index (χ2v) is 10.1. The second-order valence-electron chi connectivity index (χ2n) is 8.68. The number of phosphoric acid groups is 1. The van der Waals surface area contributed by atoms with Crippen LogP contribution < -0.4 is 5.73 Å². The summed E-state index contributed by atoms with van der Waals surface area (Å²) in [7, 11) is -4.61. The van der Waals surface area contributed by atoms with Crippen molar-refractivity contribution in [3.63, 3.8) is 0 Å². The quantitative estimate of drug-likeness (QED) is 0.0740. The highest BCUT2D eigenvalue weighted by Gasteiger charge is 2.26. The van der Waals surface area contributed by atoms with E-state index in [0.29, 0.717) is 6.42 Å². The maximum atomic E-state index is 11.8. The SMILES string of the molecule is [3H]C(CCCCCCCC)C([3H])CCCCCCCC(=O)OC[C@@H](O)COP(=O)(O)OC[C@H](N)C(=O)O. The fourth-order valence-corrected chi connectivity index (χ4v) is 3.90. The zero-order valence-electron chi connectivity index (χ0n) is 23.1. The Bertz CT molecular complexity index is 660. The standard InChI is InChI=1S/C24H48NO9P/c1-2-3-4-5-6-7-8-9-10-11-12-13-14-15-16-17-23(27)32-18-21(26)19-33-35(30,31)34-20-22(25)24(28)29/h21-22,26H,2-20,25H2,1H3,(H,28,29)(H,30,31)/t21-,22+/m1/s1/i9T,10T/t9?,10?,21-,22+. The number of phosphoric ester groups is 1. The molecule has 0 rings (SSSR count). The van der Waals surface area contributed by atoms with Crippen molar-refractivity contribution >= 4 is 19.8 Å². The normalized spacial score (nSPS) is 17.5. The number of aliphatic carboxylic acids is 1. The minimum atomic E-state index is -4.61. The van der Waals surface area contributed by atoms with Gasteiger partial charge in [-0.1, -0.05) is 96.8 Å². The van der Waals surface area contributed by atoms with Crippen molar-refractivity contribution in [1.82, 2.24) is 0 Å². The van der Waals surface area contributed by atoms with Crippen LogP contribution in [0.25, 0.3) is 0 Å². The highest BCUT2D eigenvalue weighted by Crippen LogP contribution is 2.43. The minimum absolute atomic E-state index is 0.177. The lowest BCUT2D eigenvalue weighted by molar-refractivity contribution is -0.147. The number of carboxylic acids is 1. The van der Waals surface area contributed by atoms with Gasteiger partial charge in [-0.05, 0) is 6.42 Å². The topological polar surface area (TPSA) is 166 Å². The van der Waals surface area contributed by atoms with Gasteiger partial charge < -0.3 is 25.6 Å². The zero-order valence-corrected chi connectivity index (χ0v) is 22.0. The third kappa shape index (κ3) is 23.1. The van der Waals surface area contributed by atoms with E-state index in [0.717, 1.165) is 51.4 Å². The number of esters is 1. The molecule has 0 fully saturated rings. The fourth-order valence-electron chi connectivity index (χ4n) is 3.11. The lowest BCUT2D eigenvalue weighted by Gasteiger charge is -2.16. The molecule has 0 aliphatic carbocycles. The van der Waals surface area contributed by atoms with Crippen LogP contribution in [0.4, 0.5) is 0 Å². The van der Waals surface area contributed by atoms with E-state index >= 15 is 0 Å². The molecular weight excluding hydrogens is 477 g/mol. The Kier molecular flexibility index (Phi) is 19.1. The fraction of sp³-hybridized carbons (Fsp3) is 0.917.